The van der Waals surface area contributed by atoms with Crippen molar-refractivity contribution in [2.45, 2.75) is 43.4 Å². The molecule has 0 aromatic heterocycles. The maximum absolute atomic E-state index is 12.9. The molecule has 42 heavy (non-hydrogen) atoms. The summed E-state index contributed by atoms with van der Waals surface area (Å²) in [6.07, 6.45) is -5.86. The third kappa shape index (κ3) is 5.65. The van der Waals surface area contributed by atoms with Crippen molar-refractivity contribution in [1.29, 1.82) is 0 Å². The average Bonchev–Trinajstić information content (AvgIpc) is 2.96. The van der Waals surface area contributed by atoms with Gasteiger partial charge in [0.2, 0.25) is 12.6 Å². The highest BCUT2D eigenvalue weighted by Crippen LogP contribution is 2.40. The summed E-state index contributed by atoms with van der Waals surface area (Å²) < 4.78 is 27.2. The van der Waals surface area contributed by atoms with Crippen molar-refractivity contribution in [1.82, 2.24) is 0 Å². The summed E-state index contributed by atoms with van der Waals surface area (Å²) in [6.45, 7) is 3.66. The molecule has 0 saturated carbocycles. The number of fused-ring (bicyclic) bond motifs is 1. The van der Waals surface area contributed by atoms with E-state index in [9.17, 15) is 40.2 Å². The van der Waals surface area contributed by atoms with E-state index in [1.165, 1.54) is 30.5 Å². The molecular formula is C29H30O13. The Morgan fingerprint density at radius 1 is 1.02 bits per heavy atom. The SMILES string of the molecule is C=C[C@@H]1[C@@H](OC[C@@H]2O[C@H](OC(=O)c3cc(O)c(-c4cccc(O)c4)c(O)c3)[C@@H](O)[C@H](O)[C@H]2O)OC=C2C(=O)OCC[C@@H]21. The zero-order valence-electron chi connectivity index (χ0n) is 22.1. The Morgan fingerprint density at radius 2 is 1.76 bits per heavy atom. The molecule has 8 atom stereocenters. The highest BCUT2D eigenvalue weighted by molar-refractivity contribution is 5.93. The van der Waals surface area contributed by atoms with Crippen LogP contribution < -0.4 is 0 Å². The van der Waals surface area contributed by atoms with E-state index < -0.39 is 66.4 Å². The Bertz CT molecular complexity index is 1360. The van der Waals surface area contributed by atoms with Crippen molar-refractivity contribution in [3.05, 3.63) is 66.5 Å². The number of aliphatic hydroxyl groups excluding tert-OH is 3. The molecule has 0 amide bonds. The predicted octanol–water partition coefficient (Wildman–Crippen LogP) is 1.06. The van der Waals surface area contributed by atoms with E-state index in [0.29, 0.717) is 12.0 Å². The van der Waals surface area contributed by atoms with Gasteiger partial charge in [-0.25, -0.2) is 9.59 Å². The van der Waals surface area contributed by atoms with Crippen LogP contribution in [0.3, 0.4) is 0 Å². The summed E-state index contributed by atoms with van der Waals surface area (Å²) in [5, 5.41) is 62.1. The Kier molecular flexibility index (Phi) is 8.38. The number of hydrogen-bond donors (Lipinski definition) is 6. The number of carbonyl (C=O) groups excluding carboxylic acids is 2. The van der Waals surface area contributed by atoms with E-state index in [4.69, 9.17) is 23.7 Å². The molecule has 0 radical (unpaired) electrons. The number of rotatable bonds is 7. The molecule has 5 rings (SSSR count). The molecule has 0 aliphatic carbocycles. The summed E-state index contributed by atoms with van der Waals surface area (Å²) in [4.78, 5) is 24.9. The van der Waals surface area contributed by atoms with E-state index in [0.717, 1.165) is 12.1 Å². The van der Waals surface area contributed by atoms with E-state index in [2.05, 4.69) is 6.58 Å². The summed E-state index contributed by atoms with van der Waals surface area (Å²) in [5.74, 6) is -3.40. The Labute approximate surface area is 239 Å². The largest absolute Gasteiger partial charge is 0.508 e. The number of aromatic hydroxyl groups is 3. The molecule has 2 aromatic rings. The minimum absolute atomic E-state index is 0.0398. The van der Waals surface area contributed by atoms with Gasteiger partial charge in [0.25, 0.3) is 0 Å². The van der Waals surface area contributed by atoms with Crippen LogP contribution in [0.25, 0.3) is 11.1 Å². The number of phenolic OH excluding ortho intramolecular Hbond substituents is 3. The number of benzene rings is 2. The van der Waals surface area contributed by atoms with Crippen LogP contribution in [0.15, 0.2) is 60.9 Å². The summed E-state index contributed by atoms with van der Waals surface area (Å²) in [5.41, 5.74) is 0.294. The van der Waals surface area contributed by atoms with E-state index in [1.807, 2.05) is 0 Å². The van der Waals surface area contributed by atoms with Crippen LogP contribution in [0.2, 0.25) is 0 Å². The minimum Gasteiger partial charge on any atom is -0.508 e. The fraction of sp³-hybridized carbons (Fsp3) is 0.379. The molecule has 13 heteroatoms. The molecule has 224 valence electrons. The van der Waals surface area contributed by atoms with E-state index in [-0.39, 0.29) is 41.6 Å². The van der Waals surface area contributed by atoms with Gasteiger partial charge in [-0.2, -0.15) is 0 Å². The number of hydrogen-bond acceptors (Lipinski definition) is 13. The zero-order valence-corrected chi connectivity index (χ0v) is 22.1. The molecule has 2 aromatic carbocycles. The van der Waals surface area contributed by atoms with Gasteiger partial charge in [0.15, 0.2) is 0 Å². The lowest BCUT2D eigenvalue weighted by atomic mass is 9.81. The first-order valence-electron chi connectivity index (χ1n) is 13.1. The van der Waals surface area contributed by atoms with Crippen molar-refractivity contribution in [3.8, 4) is 28.4 Å². The molecule has 0 bridgehead atoms. The Hall–Kier alpha value is -4.14. The Balaban J connectivity index is 1.27. The first-order chi connectivity index (χ1) is 20.1. The predicted molar refractivity (Wildman–Crippen MR) is 141 cm³/mol. The van der Waals surface area contributed by atoms with Gasteiger partial charge in [-0.15, -0.1) is 6.58 Å². The van der Waals surface area contributed by atoms with Gasteiger partial charge >= 0.3 is 11.9 Å². The molecule has 0 unspecified atom stereocenters. The van der Waals surface area contributed by atoms with Gasteiger partial charge < -0.3 is 54.3 Å². The summed E-state index contributed by atoms with van der Waals surface area (Å²) >= 11 is 0. The monoisotopic (exact) mass is 586 g/mol. The van der Waals surface area contributed by atoms with Gasteiger partial charge in [-0.1, -0.05) is 18.2 Å². The normalized spacial score (nSPS) is 30.7. The van der Waals surface area contributed by atoms with Gasteiger partial charge in [0.05, 0.1) is 36.2 Å². The average molecular weight is 587 g/mol. The zero-order chi connectivity index (χ0) is 30.1. The van der Waals surface area contributed by atoms with Crippen LogP contribution in [0, 0.1) is 11.8 Å². The number of phenols is 3. The molecule has 2 saturated heterocycles. The molecule has 0 spiro atoms. The second-order valence-electron chi connectivity index (χ2n) is 10.1. The first kappa shape index (κ1) is 29.4. The topological polar surface area (TPSA) is 202 Å². The van der Waals surface area contributed by atoms with Crippen molar-refractivity contribution >= 4 is 11.9 Å². The lowest BCUT2D eigenvalue weighted by Crippen LogP contribution is -2.60. The van der Waals surface area contributed by atoms with Crippen LogP contribution in [0.1, 0.15) is 16.8 Å². The smallest absolute Gasteiger partial charge is 0.340 e. The summed E-state index contributed by atoms with van der Waals surface area (Å²) in [6, 6.07) is 7.78. The van der Waals surface area contributed by atoms with Crippen LogP contribution in [0.5, 0.6) is 17.2 Å². The second kappa shape index (κ2) is 12.0. The third-order valence-corrected chi connectivity index (χ3v) is 7.46. The molecule has 6 N–H and O–H groups in total. The van der Waals surface area contributed by atoms with Crippen molar-refractivity contribution in [2.24, 2.45) is 11.8 Å². The maximum Gasteiger partial charge on any atom is 0.340 e. The molecule has 13 nitrogen and oxygen atoms in total. The Morgan fingerprint density at radius 3 is 2.45 bits per heavy atom. The van der Waals surface area contributed by atoms with Crippen LogP contribution in [0.4, 0.5) is 0 Å². The quantitative estimate of drug-likeness (QED) is 0.199. The van der Waals surface area contributed by atoms with Crippen molar-refractivity contribution < 1.29 is 63.9 Å². The molecule has 3 heterocycles. The van der Waals surface area contributed by atoms with Crippen LogP contribution in [-0.2, 0) is 28.5 Å². The number of ether oxygens (including phenoxy) is 5. The fourth-order valence-corrected chi connectivity index (χ4v) is 5.25. The van der Waals surface area contributed by atoms with Gasteiger partial charge in [0, 0.05) is 11.8 Å². The molecule has 3 aliphatic heterocycles. The van der Waals surface area contributed by atoms with Crippen molar-refractivity contribution in [3.63, 3.8) is 0 Å². The van der Waals surface area contributed by atoms with Crippen molar-refractivity contribution in [2.75, 3.05) is 13.2 Å². The van der Waals surface area contributed by atoms with Gasteiger partial charge in [-0.05, 0) is 36.2 Å². The number of esters is 2. The molecule has 2 fully saturated rings. The lowest BCUT2D eigenvalue weighted by molar-refractivity contribution is -0.295. The second-order valence-corrected chi connectivity index (χ2v) is 10.1. The maximum atomic E-state index is 12.9. The summed E-state index contributed by atoms with van der Waals surface area (Å²) in [7, 11) is 0. The molecular weight excluding hydrogens is 556 g/mol. The van der Waals surface area contributed by atoms with Crippen LogP contribution >= 0.6 is 0 Å². The number of carbonyl (C=O) groups is 2. The highest BCUT2D eigenvalue weighted by Gasteiger charge is 2.47. The van der Waals surface area contributed by atoms with E-state index >= 15 is 0 Å². The third-order valence-electron chi connectivity index (χ3n) is 7.46. The first-order valence-corrected chi connectivity index (χ1v) is 13.1. The highest BCUT2D eigenvalue weighted by atomic mass is 16.7. The van der Waals surface area contributed by atoms with Gasteiger partial charge in [-0.3, -0.25) is 0 Å². The van der Waals surface area contributed by atoms with Gasteiger partial charge in [0.1, 0.15) is 41.7 Å². The number of cyclic esters (lactones) is 1. The standard InChI is InChI=1S/C29H30O13/c1-2-16-17-6-7-38-27(37)18(17)11-39-28(16)40-12-21-23(33)24(34)25(35)29(41-21)42-26(36)14-9-19(31)22(20(32)10-14)13-4-3-5-15(30)8-13/h2-5,8-11,16-17,21,23-25,28-35H,1,6-7,12H2/t16-,17+,21-,23-,24+,25-,28+,29+/m0/s1. The fourth-order valence-electron chi connectivity index (χ4n) is 5.25. The van der Waals surface area contributed by atoms with Crippen LogP contribution in [-0.4, -0.2) is 92.8 Å². The lowest BCUT2D eigenvalue weighted by Gasteiger charge is -2.41. The molecule has 3 aliphatic rings. The van der Waals surface area contributed by atoms with E-state index in [1.54, 1.807) is 6.08 Å². The number of aliphatic hydroxyl groups is 3. The minimum atomic E-state index is -1.85.